The summed E-state index contributed by atoms with van der Waals surface area (Å²) in [4.78, 5) is 12.0. The Hall–Kier alpha value is -1.81. The number of carbonyl (C=O) groups excluding carboxylic acids is 1. The smallest absolute Gasteiger partial charge is 0.224 e. The summed E-state index contributed by atoms with van der Waals surface area (Å²) in [5.41, 5.74) is 1.99. The van der Waals surface area contributed by atoms with E-state index in [1.165, 1.54) is 0 Å². The first-order valence-electron chi connectivity index (χ1n) is 7.43. The average molecular weight is 289 g/mol. The highest BCUT2D eigenvalue weighted by molar-refractivity contribution is 5.87. The number of rotatable bonds is 6. The summed E-state index contributed by atoms with van der Waals surface area (Å²) in [7, 11) is 0. The van der Waals surface area contributed by atoms with Crippen LogP contribution in [0.1, 0.15) is 37.8 Å². The second kappa shape index (κ2) is 6.31. The Bertz CT molecular complexity index is 626. The van der Waals surface area contributed by atoms with Gasteiger partial charge < -0.3 is 14.8 Å². The lowest BCUT2D eigenvalue weighted by atomic mass is 9.97. The Morgan fingerprint density at radius 3 is 2.71 bits per heavy atom. The van der Waals surface area contributed by atoms with Gasteiger partial charge in [0.05, 0.1) is 18.3 Å². The van der Waals surface area contributed by atoms with Crippen molar-refractivity contribution in [1.29, 1.82) is 0 Å². The number of hydrogen-bond donors (Lipinski definition) is 2. The van der Waals surface area contributed by atoms with E-state index in [-0.39, 0.29) is 18.9 Å². The molecule has 0 aliphatic rings. The topological polar surface area (TPSA) is 62.5 Å². The van der Waals surface area contributed by atoms with E-state index in [1.807, 2.05) is 39.0 Å². The molecule has 0 bridgehead atoms. The quantitative estimate of drug-likeness (QED) is 0.859. The van der Waals surface area contributed by atoms with Crippen LogP contribution in [0.3, 0.4) is 0 Å². The average Bonchev–Trinajstić information content (AvgIpc) is 2.87. The van der Waals surface area contributed by atoms with Gasteiger partial charge in [0.15, 0.2) is 0 Å². The van der Waals surface area contributed by atoms with E-state index in [9.17, 15) is 9.90 Å². The molecule has 1 heterocycles. The van der Waals surface area contributed by atoms with Gasteiger partial charge in [0.25, 0.3) is 0 Å². The van der Waals surface area contributed by atoms with Crippen molar-refractivity contribution in [1.82, 2.24) is 5.32 Å². The van der Waals surface area contributed by atoms with Gasteiger partial charge in [-0.15, -0.1) is 0 Å². The van der Waals surface area contributed by atoms with Crippen LogP contribution in [0.2, 0.25) is 0 Å². The van der Waals surface area contributed by atoms with Crippen LogP contribution >= 0.6 is 0 Å². The van der Waals surface area contributed by atoms with Crippen LogP contribution in [0.5, 0.6) is 0 Å². The molecule has 0 saturated heterocycles. The molecule has 4 heteroatoms. The number of aliphatic hydroxyl groups is 1. The molecule has 2 N–H and O–H groups in total. The maximum Gasteiger partial charge on any atom is 0.224 e. The van der Waals surface area contributed by atoms with Gasteiger partial charge >= 0.3 is 0 Å². The zero-order valence-electron chi connectivity index (χ0n) is 12.9. The summed E-state index contributed by atoms with van der Waals surface area (Å²) < 4.78 is 5.49. The van der Waals surface area contributed by atoms with Crippen molar-refractivity contribution in [2.24, 2.45) is 0 Å². The molecular weight excluding hydrogens is 266 g/mol. The molecule has 0 spiro atoms. The summed E-state index contributed by atoms with van der Waals surface area (Å²) in [6, 6.07) is 5.95. The molecule has 21 heavy (non-hydrogen) atoms. The standard InChI is InChI=1S/C17H23NO3/c1-4-17(20,5-2)11-18-16(19)9-13-10-21-15-8-12(3)6-7-14(13)15/h6-8,10,20H,4-5,9,11H2,1-3H3,(H,18,19). The van der Waals surface area contributed by atoms with Crippen LogP contribution in [-0.2, 0) is 11.2 Å². The van der Waals surface area contributed by atoms with Crippen molar-refractivity contribution in [3.8, 4) is 0 Å². The molecule has 0 aliphatic heterocycles. The van der Waals surface area contributed by atoms with Crippen LogP contribution in [0.4, 0.5) is 0 Å². The fourth-order valence-corrected chi connectivity index (χ4v) is 2.33. The monoisotopic (exact) mass is 289 g/mol. The first-order valence-corrected chi connectivity index (χ1v) is 7.43. The Morgan fingerprint density at radius 2 is 2.05 bits per heavy atom. The minimum atomic E-state index is -0.814. The van der Waals surface area contributed by atoms with E-state index in [0.29, 0.717) is 12.8 Å². The van der Waals surface area contributed by atoms with E-state index in [1.54, 1.807) is 6.26 Å². The van der Waals surface area contributed by atoms with Gasteiger partial charge in [-0.25, -0.2) is 0 Å². The summed E-state index contributed by atoms with van der Waals surface area (Å²) in [5, 5.41) is 14.0. The van der Waals surface area contributed by atoms with Crippen LogP contribution in [0.25, 0.3) is 11.0 Å². The third kappa shape index (κ3) is 3.64. The number of benzene rings is 1. The molecule has 114 valence electrons. The SMILES string of the molecule is CCC(O)(CC)CNC(=O)Cc1coc2cc(C)ccc12. The van der Waals surface area contributed by atoms with Crippen molar-refractivity contribution in [3.63, 3.8) is 0 Å². The molecule has 1 amide bonds. The summed E-state index contributed by atoms with van der Waals surface area (Å²) >= 11 is 0. The zero-order chi connectivity index (χ0) is 15.5. The Labute approximate surface area is 125 Å². The van der Waals surface area contributed by atoms with Gasteiger partial charge in [-0.05, 0) is 31.4 Å². The Balaban J connectivity index is 2.02. The second-order valence-electron chi connectivity index (χ2n) is 5.65. The van der Waals surface area contributed by atoms with Crippen molar-refractivity contribution in [2.45, 2.75) is 45.6 Å². The fraction of sp³-hybridized carbons (Fsp3) is 0.471. The molecular formula is C17H23NO3. The number of fused-ring (bicyclic) bond motifs is 1. The molecule has 1 aromatic heterocycles. The third-order valence-corrected chi connectivity index (χ3v) is 4.09. The van der Waals surface area contributed by atoms with E-state index in [2.05, 4.69) is 5.32 Å². The number of hydrogen-bond acceptors (Lipinski definition) is 3. The Morgan fingerprint density at radius 1 is 1.33 bits per heavy atom. The molecule has 0 unspecified atom stereocenters. The van der Waals surface area contributed by atoms with Crippen molar-refractivity contribution >= 4 is 16.9 Å². The maximum absolute atomic E-state index is 12.0. The van der Waals surface area contributed by atoms with Crippen molar-refractivity contribution in [2.75, 3.05) is 6.54 Å². The number of aryl methyl sites for hydroxylation is 1. The van der Waals surface area contributed by atoms with Gasteiger partial charge in [0, 0.05) is 17.5 Å². The minimum absolute atomic E-state index is 0.0985. The lowest BCUT2D eigenvalue weighted by Gasteiger charge is -2.25. The molecule has 0 radical (unpaired) electrons. The predicted molar refractivity (Wildman–Crippen MR) is 83.2 cm³/mol. The third-order valence-electron chi connectivity index (χ3n) is 4.09. The van der Waals surface area contributed by atoms with Gasteiger partial charge in [-0.1, -0.05) is 26.0 Å². The minimum Gasteiger partial charge on any atom is -0.464 e. The van der Waals surface area contributed by atoms with E-state index in [0.717, 1.165) is 22.1 Å². The molecule has 0 saturated carbocycles. The van der Waals surface area contributed by atoms with Crippen LogP contribution in [0, 0.1) is 6.92 Å². The zero-order valence-corrected chi connectivity index (χ0v) is 12.9. The van der Waals surface area contributed by atoms with E-state index >= 15 is 0 Å². The highest BCUT2D eigenvalue weighted by Gasteiger charge is 2.23. The first-order chi connectivity index (χ1) is 9.97. The van der Waals surface area contributed by atoms with Crippen molar-refractivity contribution < 1.29 is 14.3 Å². The van der Waals surface area contributed by atoms with Crippen LogP contribution in [0.15, 0.2) is 28.9 Å². The first kappa shape index (κ1) is 15.6. The largest absolute Gasteiger partial charge is 0.464 e. The fourth-order valence-electron chi connectivity index (χ4n) is 2.33. The highest BCUT2D eigenvalue weighted by Crippen LogP contribution is 2.22. The molecule has 4 nitrogen and oxygen atoms in total. The van der Waals surface area contributed by atoms with E-state index in [4.69, 9.17) is 4.42 Å². The number of carbonyl (C=O) groups is 1. The van der Waals surface area contributed by atoms with Crippen molar-refractivity contribution in [3.05, 3.63) is 35.6 Å². The van der Waals surface area contributed by atoms with Gasteiger partial charge in [-0.3, -0.25) is 4.79 Å². The van der Waals surface area contributed by atoms with Crippen LogP contribution in [-0.4, -0.2) is 23.2 Å². The Kier molecular flexibility index (Phi) is 4.68. The normalized spacial score (nSPS) is 11.8. The maximum atomic E-state index is 12.0. The number of amides is 1. The van der Waals surface area contributed by atoms with Gasteiger partial charge in [0.2, 0.25) is 5.91 Å². The number of furan rings is 1. The summed E-state index contributed by atoms with van der Waals surface area (Å²) in [6.07, 6.45) is 3.14. The second-order valence-corrected chi connectivity index (χ2v) is 5.65. The molecule has 0 aliphatic carbocycles. The highest BCUT2D eigenvalue weighted by atomic mass is 16.3. The predicted octanol–water partition coefficient (Wildman–Crippen LogP) is 2.95. The molecule has 0 atom stereocenters. The molecule has 0 fully saturated rings. The molecule has 2 aromatic rings. The van der Waals surface area contributed by atoms with Gasteiger partial charge in [0.1, 0.15) is 5.58 Å². The van der Waals surface area contributed by atoms with Gasteiger partial charge in [-0.2, -0.15) is 0 Å². The lowest BCUT2D eigenvalue weighted by molar-refractivity contribution is -0.121. The van der Waals surface area contributed by atoms with Crippen LogP contribution < -0.4 is 5.32 Å². The summed E-state index contributed by atoms with van der Waals surface area (Å²) in [6.45, 7) is 6.13. The van der Waals surface area contributed by atoms with E-state index < -0.39 is 5.60 Å². The lowest BCUT2D eigenvalue weighted by Crippen LogP contribution is -2.42. The number of nitrogens with one attached hydrogen (secondary N) is 1. The molecule has 1 aromatic carbocycles. The molecule has 2 rings (SSSR count). The summed E-state index contributed by atoms with van der Waals surface area (Å²) in [5.74, 6) is -0.0985.